The van der Waals surface area contributed by atoms with Gasteiger partial charge in [-0.3, -0.25) is 4.90 Å². The molecule has 1 heterocycles. The molecule has 2 saturated carbocycles. The molecule has 0 spiro atoms. The average Bonchev–Trinajstić information content (AvgIpc) is 3.12. The van der Waals surface area contributed by atoms with Gasteiger partial charge in [-0.1, -0.05) is 0 Å². The number of hydrogen-bond donors (Lipinski definition) is 1. The first-order valence-corrected chi connectivity index (χ1v) is 6.59. The quantitative estimate of drug-likeness (QED) is 0.824. The Hall–Kier alpha value is -0.290. The number of halogens is 3. The van der Waals surface area contributed by atoms with Gasteiger partial charge in [-0.25, -0.2) is 0 Å². The van der Waals surface area contributed by atoms with E-state index in [-0.39, 0.29) is 6.04 Å². The van der Waals surface area contributed by atoms with E-state index in [4.69, 9.17) is 0 Å². The molecular weight excluding hydrogens is 229 g/mol. The second-order valence-corrected chi connectivity index (χ2v) is 5.76. The lowest BCUT2D eigenvalue weighted by molar-refractivity contribution is -0.199. The van der Waals surface area contributed by atoms with Crippen LogP contribution in [0.5, 0.6) is 0 Å². The Morgan fingerprint density at radius 3 is 2.29 bits per heavy atom. The molecule has 0 radical (unpaired) electrons. The minimum Gasteiger partial charge on any atom is -0.310 e. The Morgan fingerprint density at radius 2 is 1.76 bits per heavy atom. The summed E-state index contributed by atoms with van der Waals surface area (Å²) in [5.74, 6) is 0. The highest BCUT2D eigenvalue weighted by Gasteiger charge is 2.66. The van der Waals surface area contributed by atoms with Crippen LogP contribution in [0.1, 0.15) is 38.5 Å². The van der Waals surface area contributed by atoms with Gasteiger partial charge in [-0.05, 0) is 45.1 Å². The normalized spacial score (nSPS) is 33.7. The van der Waals surface area contributed by atoms with E-state index >= 15 is 0 Å². The van der Waals surface area contributed by atoms with Gasteiger partial charge < -0.3 is 5.32 Å². The zero-order valence-corrected chi connectivity index (χ0v) is 9.89. The molecule has 1 N–H and O–H groups in total. The highest BCUT2D eigenvalue weighted by molar-refractivity contribution is 5.10. The van der Waals surface area contributed by atoms with Crippen LogP contribution in [0.2, 0.25) is 0 Å². The van der Waals surface area contributed by atoms with Crippen molar-refractivity contribution in [1.82, 2.24) is 10.2 Å². The molecule has 98 valence electrons. The summed E-state index contributed by atoms with van der Waals surface area (Å²) in [6.45, 7) is 1.19. The van der Waals surface area contributed by atoms with Crippen LogP contribution < -0.4 is 5.32 Å². The van der Waals surface area contributed by atoms with Gasteiger partial charge in [0.15, 0.2) is 0 Å². The standard InChI is InChI=1S/C12H19F3N2/c13-12(14,15)11(5-6-11)17-7-1-2-10(8-17)16-9-3-4-9/h9-10,16H,1-8H2. The Morgan fingerprint density at radius 1 is 1.06 bits per heavy atom. The molecule has 2 aliphatic carbocycles. The first kappa shape index (κ1) is 11.8. The van der Waals surface area contributed by atoms with Gasteiger partial charge >= 0.3 is 6.18 Å². The Kier molecular flexibility index (Phi) is 2.67. The van der Waals surface area contributed by atoms with Gasteiger partial charge in [0.05, 0.1) is 0 Å². The van der Waals surface area contributed by atoms with E-state index in [2.05, 4.69) is 5.32 Å². The lowest BCUT2D eigenvalue weighted by Crippen LogP contribution is -2.56. The minimum atomic E-state index is -4.05. The molecule has 3 aliphatic rings. The first-order chi connectivity index (χ1) is 8.01. The van der Waals surface area contributed by atoms with E-state index in [1.54, 1.807) is 4.90 Å². The first-order valence-electron chi connectivity index (χ1n) is 6.59. The van der Waals surface area contributed by atoms with Crippen LogP contribution in [0.25, 0.3) is 0 Å². The molecule has 0 amide bonds. The fourth-order valence-corrected chi connectivity index (χ4v) is 2.98. The molecule has 1 atom stereocenters. The second-order valence-electron chi connectivity index (χ2n) is 5.76. The molecule has 2 nitrogen and oxygen atoms in total. The van der Waals surface area contributed by atoms with Gasteiger partial charge in [0.25, 0.3) is 0 Å². The summed E-state index contributed by atoms with van der Waals surface area (Å²) in [4.78, 5) is 1.69. The molecular formula is C12H19F3N2. The van der Waals surface area contributed by atoms with Crippen molar-refractivity contribution >= 4 is 0 Å². The SMILES string of the molecule is FC(F)(F)C1(N2CCCC(NC3CC3)C2)CC1. The van der Waals surface area contributed by atoms with Crippen molar-refractivity contribution in [2.45, 2.75) is 62.3 Å². The van der Waals surface area contributed by atoms with Crippen LogP contribution >= 0.6 is 0 Å². The van der Waals surface area contributed by atoms with Crippen LogP contribution in [0.4, 0.5) is 13.2 Å². The maximum absolute atomic E-state index is 13.0. The Labute approximate surface area is 99.5 Å². The van der Waals surface area contributed by atoms with Crippen molar-refractivity contribution in [1.29, 1.82) is 0 Å². The third-order valence-electron chi connectivity index (χ3n) is 4.33. The van der Waals surface area contributed by atoms with Gasteiger partial charge in [0, 0.05) is 18.6 Å². The molecule has 3 rings (SSSR count). The number of alkyl halides is 3. The van der Waals surface area contributed by atoms with Gasteiger partial charge in [0.1, 0.15) is 5.54 Å². The maximum atomic E-state index is 13.0. The number of nitrogens with one attached hydrogen (secondary N) is 1. The number of likely N-dealkylation sites (tertiary alicyclic amines) is 1. The van der Waals surface area contributed by atoms with E-state index in [1.165, 1.54) is 12.8 Å². The van der Waals surface area contributed by atoms with E-state index < -0.39 is 11.7 Å². The highest BCUT2D eigenvalue weighted by atomic mass is 19.4. The minimum absolute atomic E-state index is 0.274. The molecule has 17 heavy (non-hydrogen) atoms. The van der Waals surface area contributed by atoms with E-state index in [0.29, 0.717) is 32.0 Å². The number of piperidine rings is 1. The molecule has 0 aromatic heterocycles. The fraction of sp³-hybridized carbons (Fsp3) is 1.00. The maximum Gasteiger partial charge on any atom is 0.406 e. The van der Waals surface area contributed by atoms with Crippen molar-refractivity contribution in [2.24, 2.45) is 0 Å². The van der Waals surface area contributed by atoms with Gasteiger partial charge in [-0.15, -0.1) is 0 Å². The topological polar surface area (TPSA) is 15.3 Å². The molecule has 5 heteroatoms. The Balaban J connectivity index is 1.63. The summed E-state index contributed by atoms with van der Waals surface area (Å²) in [5, 5.41) is 3.47. The highest BCUT2D eigenvalue weighted by Crippen LogP contribution is 2.54. The predicted octanol–water partition coefficient (Wildman–Crippen LogP) is 2.30. The summed E-state index contributed by atoms with van der Waals surface area (Å²) < 4.78 is 39.1. The smallest absolute Gasteiger partial charge is 0.310 e. The van der Waals surface area contributed by atoms with Crippen molar-refractivity contribution < 1.29 is 13.2 Å². The van der Waals surface area contributed by atoms with E-state index in [0.717, 1.165) is 12.8 Å². The summed E-state index contributed by atoms with van der Waals surface area (Å²) in [5.41, 5.74) is -1.46. The van der Waals surface area contributed by atoms with Crippen LogP contribution in [-0.4, -0.2) is 41.8 Å². The van der Waals surface area contributed by atoms with E-state index in [9.17, 15) is 13.2 Å². The number of nitrogens with zero attached hydrogens (tertiary/aromatic N) is 1. The molecule has 1 aliphatic heterocycles. The largest absolute Gasteiger partial charge is 0.406 e. The lowest BCUT2D eigenvalue weighted by Gasteiger charge is -2.39. The molecule has 0 aromatic carbocycles. The average molecular weight is 248 g/mol. The van der Waals surface area contributed by atoms with Crippen molar-refractivity contribution in [2.75, 3.05) is 13.1 Å². The molecule has 0 bridgehead atoms. The van der Waals surface area contributed by atoms with Crippen LogP contribution in [0.15, 0.2) is 0 Å². The zero-order valence-electron chi connectivity index (χ0n) is 9.89. The second kappa shape index (κ2) is 3.85. The van der Waals surface area contributed by atoms with E-state index in [1.807, 2.05) is 0 Å². The molecule has 3 fully saturated rings. The zero-order chi connectivity index (χ0) is 12.1. The summed E-state index contributed by atoms with van der Waals surface area (Å²) in [6, 6.07) is 0.858. The van der Waals surface area contributed by atoms with Crippen LogP contribution in [0.3, 0.4) is 0 Å². The number of hydrogen-bond acceptors (Lipinski definition) is 2. The van der Waals surface area contributed by atoms with Crippen molar-refractivity contribution in [3.63, 3.8) is 0 Å². The van der Waals surface area contributed by atoms with Crippen LogP contribution in [0, 0.1) is 0 Å². The van der Waals surface area contributed by atoms with Crippen molar-refractivity contribution in [3.05, 3.63) is 0 Å². The number of rotatable bonds is 3. The third-order valence-corrected chi connectivity index (χ3v) is 4.33. The predicted molar refractivity (Wildman–Crippen MR) is 58.8 cm³/mol. The van der Waals surface area contributed by atoms with Crippen LogP contribution in [-0.2, 0) is 0 Å². The fourth-order valence-electron chi connectivity index (χ4n) is 2.98. The lowest BCUT2D eigenvalue weighted by atomic mass is 10.0. The van der Waals surface area contributed by atoms with Gasteiger partial charge in [-0.2, -0.15) is 13.2 Å². The summed E-state index contributed by atoms with van der Waals surface area (Å²) in [7, 11) is 0. The Bertz CT molecular complexity index is 295. The molecule has 1 saturated heterocycles. The third kappa shape index (κ3) is 2.19. The molecule has 1 unspecified atom stereocenters. The summed E-state index contributed by atoms with van der Waals surface area (Å²) in [6.07, 6.45) is 0.860. The van der Waals surface area contributed by atoms with Gasteiger partial charge in [0.2, 0.25) is 0 Å². The molecule has 0 aromatic rings. The monoisotopic (exact) mass is 248 g/mol. The van der Waals surface area contributed by atoms with Crippen molar-refractivity contribution in [3.8, 4) is 0 Å². The summed E-state index contributed by atoms with van der Waals surface area (Å²) >= 11 is 0.